The zero-order chi connectivity index (χ0) is 20.7. The van der Waals surface area contributed by atoms with Gasteiger partial charge >= 0.3 is 0 Å². The molecule has 0 aliphatic carbocycles. The maximum Gasteiger partial charge on any atom is 0.259 e. The smallest absolute Gasteiger partial charge is 0.259 e. The van der Waals surface area contributed by atoms with Crippen LogP contribution >= 0.6 is 15.9 Å². The third-order valence-electron chi connectivity index (χ3n) is 5.54. The van der Waals surface area contributed by atoms with Crippen LogP contribution in [0, 0.1) is 17.2 Å². The second kappa shape index (κ2) is 7.12. The summed E-state index contributed by atoms with van der Waals surface area (Å²) in [4.78, 5) is 21.0. The molecule has 146 valence electrons. The van der Waals surface area contributed by atoms with E-state index in [1.54, 1.807) is 17.0 Å². The first-order valence-electron chi connectivity index (χ1n) is 9.53. The standard InChI is InChI=1S/C24H16BrN3O2/c25-24-18-13-7-8-14-19(18)28(23(29)17-11-5-2-6-12-17)20(15-26)21(24)22(27-30-24)16-9-3-1-4-10-16/h1-14,20-21H/t20-,21+,24+/m1/s1. The minimum atomic E-state index is -1.03. The Bertz CT molecular complexity index is 1190. The second-order valence-corrected chi connectivity index (χ2v) is 8.37. The molecule has 1 amide bonds. The highest BCUT2D eigenvalue weighted by atomic mass is 79.9. The fourth-order valence-electron chi connectivity index (χ4n) is 4.17. The Morgan fingerprint density at radius 3 is 2.33 bits per heavy atom. The van der Waals surface area contributed by atoms with Gasteiger partial charge in [-0.05, 0) is 39.7 Å². The molecular weight excluding hydrogens is 442 g/mol. The molecule has 0 aromatic heterocycles. The third-order valence-corrected chi connectivity index (χ3v) is 6.60. The van der Waals surface area contributed by atoms with Crippen molar-refractivity contribution in [3.8, 4) is 6.07 Å². The molecule has 0 saturated heterocycles. The van der Waals surface area contributed by atoms with Crippen LogP contribution in [0.2, 0.25) is 0 Å². The predicted molar refractivity (Wildman–Crippen MR) is 117 cm³/mol. The van der Waals surface area contributed by atoms with Crippen LogP contribution in [0.1, 0.15) is 21.5 Å². The van der Waals surface area contributed by atoms with Crippen LogP contribution in [-0.2, 0) is 9.35 Å². The first kappa shape index (κ1) is 18.6. The van der Waals surface area contributed by atoms with E-state index in [1.807, 2.05) is 72.8 Å². The Labute approximate surface area is 182 Å². The number of oxime groups is 1. The number of carbonyl (C=O) groups is 1. The molecule has 6 heteroatoms. The first-order valence-corrected chi connectivity index (χ1v) is 10.3. The number of para-hydroxylation sites is 1. The summed E-state index contributed by atoms with van der Waals surface area (Å²) in [5, 5.41) is 14.6. The second-order valence-electron chi connectivity index (χ2n) is 7.19. The lowest BCUT2D eigenvalue weighted by molar-refractivity contribution is 0.0284. The van der Waals surface area contributed by atoms with Gasteiger partial charge in [0.15, 0.2) is 0 Å². The third kappa shape index (κ3) is 2.66. The molecule has 5 rings (SSSR count). The van der Waals surface area contributed by atoms with Gasteiger partial charge in [0, 0.05) is 11.1 Å². The van der Waals surface area contributed by atoms with Gasteiger partial charge in [-0.1, -0.05) is 71.9 Å². The molecule has 2 heterocycles. The van der Waals surface area contributed by atoms with E-state index in [0.29, 0.717) is 17.0 Å². The summed E-state index contributed by atoms with van der Waals surface area (Å²) in [5.74, 6) is -0.740. The lowest BCUT2D eigenvalue weighted by Crippen LogP contribution is -2.55. The molecular formula is C24H16BrN3O2. The Morgan fingerprint density at radius 2 is 1.63 bits per heavy atom. The summed E-state index contributed by atoms with van der Waals surface area (Å²) in [6.45, 7) is 0. The Kier molecular flexibility index (Phi) is 4.41. The SMILES string of the molecule is N#C[C@@H]1[C@H]2C(c3ccccc3)=NO[C@@]2(Br)c2ccccc2N1C(=O)c1ccccc1. The van der Waals surface area contributed by atoms with Crippen LogP contribution in [0.3, 0.4) is 0 Å². The first-order chi connectivity index (χ1) is 14.6. The van der Waals surface area contributed by atoms with Gasteiger partial charge in [-0.15, -0.1) is 0 Å². The van der Waals surface area contributed by atoms with Crippen molar-refractivity contribution < 1.29 is 9.63 Å². The summed E-state index contributed by atoms with van der Waals surface area (Å²) >= 11 is 3.75. The number of hydrogen-bond acceptors (Lipinski definition) is 4. The highest BCUT2D eigenvalue weighted by Crippen LogP contribution is 2.55. The number of nitriles is 1. The lowest BCUT2D eigenvalue weighted by atomic mass is 9.78. The van der Waals surface area contributed by atoms with Gasteiger partial charge < -0.3 is 4.84 Å². The minimum absolute atomic E-state index is 0.233. The quantitative estimate of drug-likeness (QED) is 0.517. The van der Waals surface area contributed by atoms with Crippen LogP contribution in [0.4, 0.5) is 5.69 Å². The number of fused-ring (bicyclic) bond motifs is 3. The van der Waals surface area contributed by atoms with Gasteiger partial charge in [0.05, 0.1) is 23.4 Å². The fraction of sp³-hybridized carbons (Fsp3) is 0.125. The zero-order valence-electron chi connectivity index (χ0n) is 15.8. The fourth-order valence-corrected chi connectivity index (χ4v) is 5.05. The molecule has 3 aromatic carbocycles. The molecule has 0 radical (unpaired) electrons. The van der Waals surface area contributed by atoms with E-state index >= 15 is 0 Å². The molecule has 0 bridgehead atoms. The average molecular weight is 458 g/mol. The van der Waals surface area contributed by atoms with Crippen molar-refractivity contribution in [3.63, 3.8) is 0 Å². The Hall–Kier alpha value is -3.43. The van der Waals surface area contributed by atoms with E-state index in [9.17, 15) is 10.1 Å². The van der Waals surface area contributed by atoms with Gasteiger partial charge in [0.2, 0.25) is 4.51 Å². The lowest BCUT2D eigenvalue weighted by Gasteiger charge is -2.43. The molecule has 30 heavy (non-hydrogen) atoms. The van der Waals surface area contributed by atoms with Gasteiger partial charge in [-0.3, -0.25) is 9.69 Å². The van der Waals surface area contributed by atoms with E-state index in [2.05, 4.69) is 27.2 Å². The monoisotopic (exact) mass is 457 g/mol. The van der Waals surface area contributed by atoms with Crippen molar-refractivity contribution in [1.29, 1.82) is 5.26 Å². The molecule has 3 aromatic rings. The molecule has 0 fully saturated rings. The summed E-state index contributed by atoms with van der Waals surface area (Å²) in [5.41, 5.74) is 3.41. The van der Waals surface area contributed by atoms with E-state index in [1.165, 1.54) is 0 Å². The molecule has 0 saturated carbocycles. The van der Waals surface area contributed by atoms with E-state index < -0.39 is 16.5 Å². The summed E-state index contributed by atoms with van der Waals surface area (Å²) in [6, 6.07) is 27.6. The van der Waals surface area contributed by atoms with E-state index in [4.69, 9.17) is 4.84 Å². The predicted octanol–water partition coefficient (Wildman–Crippen LogP) is 4.84. The Morgan fingerprint density at radius 1 is 1.00 bits per heavy atom. The van der Waals surface area contributed by atoms with Crippen molar-refractivity contribution in [3.05, 3.63) is 102 Å². The summed E-state index contributed by atoms with van der Waals surface area (Å²) in [6.07, 6.45) is 0. The van der Waals surface area contributed by atoms with Crippen LogP contribution in [0.5, 0.6) is 0 Å². The van der Waals surface area contributed by atoms with E-state index in [-0.39, 0.29) is 5.91 Å². The number of carbonyl (C=O) groups excluding carboxylic acids is 1. The normalized spacial score (nSPS) is 24.1. The molecule has 5 nitrogen and oxygen atoms in total. The average Bonchev–Trinajstić information content (AvgIpc) is 3.17. The molecule has 0 unspecified atom stereocenters. The number of halogens is 1. The number of hydrogen-bond donors (Lipinski definition) is 0. The minimum Gasteiger partial charge on any atom is -0.372 e. The van der Waals surface area contributed by atoms with Crippen molar-refractivity contribution in [2.75, 3.05) is 4.90 Å². The van der Waals surface area contributed by atoms with Gasteiger partial charge in [-0.25, -0.2) is 0 Å². The highest BCUT2D eigenvalue weighted by Gasteiger charge is 2.59. The van der Waals surface area contributed by atoms with Gasteiger partial charge in [-0.2, -0.15) is 5.26 Å². The number of rotatable bonds is 2. The number of anilines is 1. The van der Waals surface area contributed by atoms with Crippen molar-refractivity contribution in [2.24, 2.45) is 11.1 Å². The molecule has 0 spiro atoms. The van der Waals surface area contributed by atoms with Gasteiger partial charge in [0.25, 0.3) is 5.91 Å². The molecule has 2 aliphatic heterocycles. The van der Waals surface area contributed by atoms with Crippen LogP contribution in [0.15, 0.2) is 90.1 Å². The van der Waals surface area contributed by atoms with Crippen molar-refractivity contribution >= 4 is 33.2 Å². The van der Waals surface area contributed by atoms with Crippen molar-refractivity contribution in [2.45, 2.75) is 10.6 Å². The summed E-state index contributed by atoms with van der Waals surface area (Å²) < 4.78 is -1.03. The van der Waals surface area contributed by atoms with Crippen molar-refractivity contribution in [1.82, 2.24) is 0 Å². The molecule has 0 N–H and O–H groups in total. The number of amides is 1. The zero-order valence-corrected chi connectivity index (χ0v) is 17.4. The van der Waals surface area contributed by atoms with Crippen LogP contribution < -0.4 is 4.90 Å². The van der Waals surface area contributed by atoms with Gasteiger partial charge in [0.1, 0.15) is 6.04 Å². The topological polar surface area (TPSA) is 65.7 Å². The van der Waals surface area contributed by atoms with E-state index in [0.717, 1.165) is 11.1 Å². The maximum atomic E-state index is 13.5. The number of nitrogens with zero attached hydrogens (tertiary/aromatic N) is 3. The summed E-state index contributed by atoms with van der Waals surface area (Å²) in [7, 11) is 0. The van der Waals surface area contributed by atoms with Crippen LogP contribution in [0.25, 0.3) is 0 Å². The molecule has 2 aliphatic rings. The van der Waals surface area contributed by atoms with Crippen LogP contribution in [-0.4, -0.2) is 17.7 Å². The highest BCUT2D eigenvalue weighted by molar-refractivity contribution is 9.09. The number of alkyl halides is 1. The largest absolute Gasteiger partial charge is 0.372 e. The molecule has 3 atom stereocenters. The maximum absolute atomic E-state index is 13.5. The Balaban J connectivity index is 1.70. The number of benzene rings is 3.